The maximum atomic E-state index is 11.9. The topological polar surface area (TPSA) is 114 Å². The average Bonchev–Trinajstić information content (AvgIpc) is 2.89. The molecule has 0 bridgehead atoms. The van der Waals surface area contributed by atoms with Crippen molar-refractivity contribution in [3.63, 3.8) is 0 Å². The largest absolute Gasteiger partial charge is 0.358 e. The molecule has 0 saturated carbocycles. The summed E-state index contributed by atoms with van der Waals surface area (Å²) >= 11 is 0. The summed E-state index contributed by atoms with van der Waals surface area (Å²) in [5, 5.41) is 13.2. The number of hydrogen-bond acceptors (Lipinski definition) is 4. The molecular weight excluding hydrogens is 248 g/mol. The van der Waals surface area contributed by atoms with Crippen molar-refractivity contribution >= 4 is 17.4 Å². The number of hydrogen-bond donors (Lipinski definition) is 3. The zero-order chi connectivity index (χ0) is 13.8. The lowest BCUT2D eigenvalue weighted by Gasteiger charge is -2.07. The monoisotopic (exact) mass is 260 g/mol. The van der Waals surface area contributed by atoms with E-state index < -0.39 is 10.8 Å². The van der Waals surface area contributed by atoms with E-state index in [-0.39, 0.29) is 11.5 Å². The second kappa shape index (κ2) is 5.32. The molecule has 2 aromatic rings. The van der Waals surface area contributed by atoms with Gasteiger partial charge in [-0.15, -0.1) is 0 Å². The van der Waals surface area contributed by atoms with E-state index in [1.807, 2.05) is 6.07 Å². The number of rotatable bonds is 4. The molecule has 0 atom stereocenters. The number of nitrogens with one attached hydrogen (secondary N) is 2. The first kappa shape index (κ1) is 12.8. The molecule has 1 aromatic heterocycles. The standard InChI is InChI=1S/C12H12N4O3/c13-7-8-3-1-2-4-9(8)15-12(17)10-5-6-11(14-10)16(18)19/h1-6,14H,7,13H2,(H,15,17). The van der Waals surface area contributed by atoms with Crippen LogP contribution in [0.2, 0.25) is 0 Å². The molecule has 0 aliphatic rings. The quantitative estimate of drug-likeness (QED) is 0.572. The van der Waals surface area contributed by atoms with Gasteiger partial charge in [-0.2, -0.15) is 0 Å². The van der Waals surface area contributed by atoms with Gasteiger partial charge in [0.25, 0.3) is 5.91 Å². The number of amides is 1. The summed E-state index contributed by atoms with van der Waals surface area (Å²) < 4.78 is 0. The number of nitrogens with zero attached hydrogens (tertiary/aromatic N) is 1. The first-order valence-electron chi connectivity index (χ1n) is 5.54. The van der Waals surface area contributed by atoms with E-state index >= 15 is 0 Å². The predicted molar refractivity (Wildman–Crippen MR) is 69.7 cm³/mol. The molecule has 0 unspecified atom stereocenters. The number of nitrogens with two attached hydrogens (primary N) is 1. The molecule has 2 rings (SSSR count). The molecule has 7 heteroatoms. The van der Waals surface area contributed by atoms with Crippen molar-refractivity contribution in [2.75, 3.05) is 5.32 Å². The van der Waals surface area contributed by atoms with Gasteiger partial charge in [0.1, 0.15) is 0 Å². The molecule has 1 amide bonds. The third-order valence-electron chi connectivity index (χ3n) is 2.60. The smallest absolute Gasteiger partial charge is 0.321 e. The lowest BCUT2D eigenvalue weighted by molar-refractivity contribution is -0.389. The Balaban J connectivity index is 2.18. The Labute approximate surface area is 108 Å². The molecule has 0 aliphatic carbocycles. The third kappa shape index (κ3) is 2.78. The first-order chi connectivity index (χ1) is 9.11. The number of anilines is 1. The lowest BCUT2D eigenvalue weighted by atomic mass is 10.2. The molecule has 4 N–H and O–H groups in total. The highest BCUT2D eigenvalue weighted by molar-refractivity contribution is 6.03. The van der Waals surface area contributed by atoms with Gasteiger partial charge in [-0.05, 0) is 22.6 Å². The molecule has 0 aliphatic heterocycles. The van der Waals surface area contributed by atoms with Gasteiger partial charge in [-0.3, -0.25) is 4.79 Å². The summed E-state index contributed by atoms with van der Waals surface area (Å²) in [6.07, 6.45) is 0. The lowest BCUT2D eigenvalue weighted by Crippen LogP contribution is -2.14. The Morgan fingerprint density at radius 3 is 2.68 bits per heavy atom. The summed E-state index contributed by atoms with van der Waals surface area (Å²) in [7, 11) is 0. The summed E-state index contributed by atoms with van der Waals surface area (Å²) in [6, 6.07) is 9.70. The van der Waals surface area contributed by atoms with Crippen molar-refractivity contribution < 1.29 is 9.72 Å². The van der Waals surface area contributed by atoms with E-state index in [0.717, 1.165) is 5.56 Å². The number of H-pyrrole nitrogens is 1. The van der Waals surface area contributed by atoms with Crippen LogP contribution in [-0.4, -0.2) is 15.8 Å². The number of aromatic amines is 1. The molecule has 19 heavy (non-hydrogen) atoms. The molecule has 0 saturated heterocycles. The van der Waals surface area contributed by atoms with Crippen LogP contribution in [-0.2, 0) is 6.54 Å². The highest BCUT2D eigenvalue weighted by Gasteiger charge is 2.16. The minimum Gasteiger partial charge on any atom is -0.358 e. The number of carbonyl (C=O) groups is 1. The van der Waals surface area contributed by atoms with Crippen molar-refractivity contribution in [1.29, 1.82) is 0 Å². The van der Waals surface area contributed by atoms with Gasteiger partial charge in [0.05, 0.1) is 0 Å². The van der Waals surface area contributed by atoms with Crippen LogP contribution >= 0.6 is 0 Å². The van der Waals surface area contributed by atoms with E-state index in [9.17, 15) is 14.9 Å². The Hall–Kier alpha value is -2.67. The second-order valence-electron chi connectivity index (χ2n) is 3.83. The SMILES string of the molecule is NCc1ccccc1NC(=O)c1ccc([N+](=O)[O-])[nH]1. The van der Waals surface area contributed by atoms with Crippen LogP contribution in [0.3, 0.4) is 0 Å². The fourth-order valence-electron chi connectivity index (χ4n) is 1.63. The maximum Gasteiger partial charge on any atom is 0.321 e. The zero-order valence-electron chi connectivity index (χ0n) is 9.92. The fraction of sp³-hybridized carbons (Fsp3) is 0.0833. The minimum absolute atomic E-state index is 0.124. The van der Waals surface area contributed by atoms with Gasteiger partial charge < -0.3 is 21.2 Å². The first-order valence-corrected chi connectivity index (χ1v) is 5.54. The van der Waals surface area contributed by atoms with Gasteiger partial charge in [0.15, 0.2) is 5.69 Å². The molecule has 98 valence electrons. The van der Waals surface area contributed by atoms with Crippen molar-refractivity contribution in [1.82, 2.24) is 4.98 Å². The second-order valence-corrected chi connectivity index (χ2v) is 3.83. The number of nitro groups is 1. The van der Waals surface area contributed by atoms with Crippen molar-refractivity contribution in [3.05, 3.63) is 57.8 Å². The molecule has 1 heterocycles. The van der Waals surface area contributed by atoms with Gasteiger partial charge in [0, 0.05) is 18.3 Å². The normalized spacial score (nSPS) is 10.2. The van der Waals surface area contributed by atoms with Gasteiger partial charge in [0.2, 0.25) is 0 Å². The van der Waals surface area contributed by atoms with E-state index in [4.69, 9.17) is 5.73 Å². The van der Waals surface area contributed by atoms with Crippen molar-refractivity contribution in [3.8, 4) is 0 Å². The molecular formula is C12H12N4O3. The van der Waals surface area contributed by atoms with Gasteiger partial charge in [-0.1, -0.05) is 18.2 Å². The molecule has 0 spiro atoms. The zero-order valence-corrected chi connectivity index (χ0v) is 9.92. The molecule has 7 nitrogen and oxygen atoms in total. The van der Waals surface area contributed by atoms with Gasteiger partial charge in [-0.25, -0.2) is 4.98 Å². The van der Waals surface area contributed by atoms with Crippen molar-refractivity contribution in [2.45, 2.75) is 6.54 Å². The number of carbonyl (C=O) groups excluding carboxylic acids is 1. The van der Waals surface area contributed by atoms with Crippen LogP contribution in [0.25, 0.3) is 0 Å². The average molecular weight is 260 g/mol. The molecule has 0 radical (unpaired) electrons. The highest BCUT2D eigenvalue weighted by atomic mass is 16.6. The number of para-hydroxylation sites is 1. The van der Waals surface area contributed by atoms with Gasteiger partial charge >= 0.3 is 5.82 Å². The Morgan fingerprint density at radius 2 is 2.05 bits per heavy atom. The Bertz CT molecular complexity index is 621. The maximum absolute atomic E-state index is 11.9. The van der Waals surface area contributed by atoms with E-state index in [0.29, 0.717) is 12.2 Å². The van der Waals surface area contributed by atoms with E-state index in [1.165, 1.54) is 12.1 Å². The van der Waals surface area contributed by atoms with Crippen LogP contribution < -0.4 is 11.1 Å². The number of benzene rings is 1. The summed E-state index contributed by atoms with van der Waals surface area (Å²) in [6.45, 7) is 0.293. The number of aromatic nitrogens is 1. The predicted octanol–water partition coefficient (Wildman–Crippen LogP) is 1.63. The molecule has 0 fully saturated rings. The summed E-state index contributed by atoms with van der Waals surface area (Å²) in [4.78, 5) is 24.3. The van der Waals surface area contributed by atoms with Crippen LogP contribution in [0, 0.1) is 10.1 Å². The summed E-state index contributed by atoms with van der Waals surface area (Å²) in [5.41, 5.74) is 7.06. The van der Waals surface area contributed by atoms with Crippen LogP contribution in [0.5, 0.6) is 0 Å². The third-order valence-corrected chi connectivity index (χ3v) is 2.60. The Kier molecular flexibility index (Phi) is 3.58. The highest BCUT2D eigenvalue weighted by Crippen LogP contribution is 2.16. The van der Waals surface area contributed by atoms with E-state index in [1.54, 1.807) is 18.2 Å². The molecule has 1 aromatic carbocycles. The van der Waals surface area contributed by atoms with Crippen LogP contribution in [0.1, 0.15) is 16.1 Å². The fourth-order valence-corrected chi connectivity index (χ4v) is 1.63. The van der Waals surface area contributed by atoms with E-state index in [2.05, 4.69) is 10.3 Å². The summed E-state index contributed by atoms with van der Waals surface area (Å²) in [5.74, 6) is -0.675. The van der Waals surface area contributed by atoms with Crippen LogP contribution in [0.15, 0.2) is 36.4 Å². The minimum atomic E-state index is -0.593. The Morgan fingerprint density at radius 1 is 1.32 bits per heavy atom. The van der Waals surface area contributed by atoms with Crippen LogP contribution in [0.4, 0.5) is 11.5 Å². The van der Waals surface area contributed by atoms with Crippen molar-refractivity contribution in [2.24, 2.45) is 5.73 Å².